The Morgan fingerprint density at radius 1 is 1.35 bits per heavy atom. The zero-order valence-electron chi connectivity index (χ0n) is 10.8. The van der Waals surface area contributed by atoms with E-state index in [-0.39, 0.29) is 5.54 Å². The number of hydrogen-bond donors (Lipinski definition) is 1. The molecule has 0 bridgehead atoms. The lowest BCUT2D eigenvalue weighted by atomic mass is 9.73. The molecule has 0 amide bonds. The quantitative estimate of drug-likeness (QED) is 0.845. The third kappa shape index (κ3) is 1.50. The van der Waals surface area contributed by atoms with Crippen LogP contribution in [-0.2, 0) is 12.0 Å². The number of methoxy groups -OCH3 is 1. The first-order valence-corrected chi connectivity index (χ1v) is 6.66. The largest absolute Gasteiger partial charge is 0.497 e. The van der Waals surface area contributed by atoms with Crippen molar-refractivity contribution < 1.29 is 4.74 Å². The zero-order valence-corrected chi connectivity index (χ0v) is 10.8. The highest BCUT2D eigenvalue weighted by Crippen LogP contribution is 2.50. The van der Waals surface area contributed by atoms with Gasteiger partial charge in [0, 0.05) is 5.54 Å². The van der Waals surface area contributed by atoms with Crippen molar-refractivity contribution in [3.63, 3.8) is 0 Å². The number of fused-ring (bicyclic) bond motifs is 3. The van der Waals surface area contributed by atoms with Gasteiger partial charge >= 0.3 is 0 Å². The van der Waals surface area contributed by atoms with Crippen LogP contribution in [0.2, 0.25) is 0 Å². The Bertz CT molecular complexity index is 429. The van der Waals surface area contributed by atoms with Gasteiger partial charge < -0.3 is 10.1 Å². The summed E-state index contributed by atoms with van der Waals surface area (Å²) in [6.45, 7) is 0. The second kappa shape index (κ2) is 4.02. The van der Waals surface area contributed by atoms with E-state index < -0.39 is 0 Å². The molecule has 92 valence electrons. The minimum absolute atomic E-state index is 0.250. The Hall–Kier alpha value is -1.02. The molecular weight excluding hydrogens is 210 g/mol. The van der Waals surface area contributed by atoms with E-state index in [1.165, 1.54) is 43.2 Å². The fourth-order valence-electron chi connectivity index (χ4n) is 3.91. The summed E-state index contributed by atoms with van der Waals surface area (Å²) in [6.07, 6.45) is 6.60. The van der Waals surface area contributed by atoms with Crippen molar-refractivity contribution in [1.29, 1.82) is 0 Å². The van der Waals surface area contributed by atoms with Gasteiger partial charge in [-0.15, -0.1) is 0 Å². The molecule has 1 fully saturated rings. The molecule has 0 aromatic heterocycles. The first kappa shape index (κ1) is 11.1. The number of hydrogen-bond acceptors (Lipinski definition) is 2. The summed E-state index contributed by atoms with van der Waals surface area (Å²) >= 11 is 0. The summed E-state index contributed by atoms with van der Waals surface area (Å²) in [5, 5.41) is 3.63. The lowest BCUT2D eigenvalue weighted by molar-refractivity contribution is 0.171. The Morgan fingerprint density at radius 3 is 3.00 bits per heavy atom. The van der Waals surface area contributed by atoms with Crippen LogP contribution in [0.3, 0.4) is 0 Å². The first-order valence-electron chi connectivity index (χ1n) is 6.66. The van der Waals surface area contributed by atoms with Gasteiger partial charge in [-0.05, 0) is 55.5 Å². The van der Waals surface area contributed by atoms with Crippen molar-refractivity contribution >= 4 is 0 Å². The number of ether oxygens (including phenoxy) is 1. The molecule has 0 radical (unpaired) electrons. The molecule has 1 N–H and O–H groups in total. The normalized spacial score (nSPS) is 30.8. The molecule has 3 rings (SSSR count). The maximum atomic E-state index is 5.34. The first-order chi connectivity index (χ1) is 8.30. The van der Waals surface area contributed by atoms with Gasteiger partial charge in [0.1, 0.15) is 5.75 Å². The van der Waals surface area contributed by atoms with Gasteiger partial charge in [-0.1, -0.05) is 18.9 Å². The molecule has 1 aromatic rings. The Balaban J connectivity index is 2.06. The molecular formula is C15H21NO. The second-order valence-corrected chi connectivity index (χ2v) is 5.39. The van der Waals surface area contributed by atoms with E-state index in [9.17, 15) is 0 Å². The average Bonchev–Trinajstić information content (AvgIpc) is 2.72. The maximum absolute atomic E-state index is 5.34. The predicted octanol–water partition coefficient (Wildman–Crippen LogP) is 2.86. The van der Waals surface area contributed by atoms with Crippen LogP contribution in [0.5, 0.6) is 5.75 Å². The molecule has 1 saturated carbocycles. The number of benzene rings is 1. The van der Waals surface area contributed by atoms with Crippen LogP contribution in [0.1, 0.15) is 36.8 Å². The summed E-state index contributed by atoms with van der Waals surface area (Å²) in [4.78, 5) is 0. The summed E-state index contributed by atoms with van der Waals surface area (Å²) in [6, 6.07) is 6.61. The second-order valence-electron chi connectivity index (χ2n) is 5.39. The predicted molar refractivity (Wildman–Crippen MR) is 69.4 cm³/mol. The van der Waals surface area contributed by atoms with Crippen LogP contribution in [0, 0.1) is 5.92 Å². The molecule has 0 unspecified atom stereocenters. The van der Waals surface area contributed by atoms with Crippen molar-refractivity contribution in [3.8, 4) is 5.75 Å². The smallest absolute Gasteiger partial charge is 0.119 e. The number of rotatable bonds is 2. The van der Waals surface area contributed by atoms with Crippen molar-refractivity contribution in [3.05, 3.63) is 29.3 Å². The van der Waals surface area contributed by atoms with E-state index in [0.717, 1.165) is 11.7 Å². The molecule has 17 heavy (non-hydrogen) atoms. The summed E-state index contributed by atoms with van der Waals surface area (Å²) < 4.78 is 5.34. The summed E-state index contributed by atoms with van der Waals surface area (Å²) in [5.41, 5.74) is 3.26. The van der Waals surface area contributed by atoms with Gasteiger partial charge in [-0.3, -0.25) is 0 Å². The van der Waals surface area contributed by atoms with E-state index in [0.29, 0.717) is 0 Å². The highest BCUT2D eigenvalue weighted by Gasteiger charge is 2.46. The van der Waals surface area contributed by atoms with Crippen LogP contribution in [-0.4, -0.2) is 14.2 Å². The van der Waals surface area contributed by atoms with Gasteiger partial charge in [-0.2, -0.15) is 0 Å². The van der Waals surface area contributed by atoms with E-state index in [1.807, 2.05) is 0 Å². The van der Waals surface area contributed by atoms with Gasteiger partial charge in [0.2, 0.25) is 0 Å². The number of nitrogens with one attached hydrogen (secondary N) is 1. The molecule has 2 aliphatic rings. The highest BCUT2D eigenvalue weighted by atomic mass is 16.5. The molecule has 2 heteroatoms. The monoisotopic (exact) mass is 231 g/mol. The Morgan fingerprint density at radius 2 is 2.24 bits per heavy atom. The Kier molecular flexibility index (Phi) is 2.62. The van der Waals surface area contributed by atoms with Crippen LogP contribution in [0.25, 0.3) is 0 Å². The molecule has 0 saturated heterocycles. The van der Waals surface area contributed by atoms with Crippen molar-refractivity contribution in [2.45, 2.75) is 37.6 Å². The third-order valence-electron chi connectivity index (χ3n) is 4.78. The van der Waals surface area contributed by atoms with Crippen molar-refractivity contribution in [2.24, 2.45) is 5.92 Å². The molecule has 0 aliphatic heterocycles. The van der Waals surface area contributed by atoms with Gasteiger partial charge in [0.25, 0.3) is 0 Å². The molecule has 0 spiro atoms. The maximum Gasteiger partial charge on any atom is 0.119 e. The van der Waals surface area contributed by atoms with Crippen LogP contribution in [0.15, 0.2) is 18.2 Å². The molecule has 0 heterocycles. The van der Waals surface area contributed by atoms with E-state index in [4.69, 9.17) is 4.74 Å². The van der Waals surface area contributed by atoms with Gasteiger partial charge in [0.15, 0.2) is 0 Å². The SMILES string of the molecule is CN[C@]12CCCC[C@H]1Cc1cc(OC)ccc12. The lowest BCUT2D eigenvalue weighted by Crippen LogP contribution is -2.45. The van der Waals surface area contributed by atoms with Gasteiger partial charge in [-0.25, -0.2) is 0 Å². The van der Waals surface area contributed by atoms with Gasteiger partial charge in [0.05, 0.1) is 7.11 Å². The third-order valence-corrected chi connectivity index (χ3v) is 4.78. The van der Waals surface area contributed by atoms with E-state index in [1.54, 1.807) is 7.11 Å². The lowest BCUT2D eigenvalue weighted by Gasteiger charge is -2.40. The van der Waals surface area contributed by atoms with Crippen LogP contribution < -0.4 is 10.1 Å². The standard InChI is InChI=1S/C15H21NO/c1-16-15-8-4-3-5-12(15)9-11-10-13(17-2)6-7-14(11)15/h6-7,10,12,16H,3-5,8-9H2,1-2H3/t12-,15+/m0/s1. The topological polar surface area (TPSA) is 21.3 Å². The van der Waals surface area contributed by atoms with Crippen molar-refractivity contribution in [2.75, 3.05) is 14.2 Å². The molecule has 2 atom stereocenters. The van der Waals surface area contributed by atoms with Crippen molar-refractivity contribution in [1.82, 2.24) is 5.32 Å². The zero-order chi connectivity index (χ0) is 11.9. The summed E-state index contributed by atoms with van der Waals surface area (Å²) in [5.74, 6) is 1.78. The van der Waals surface area contributed by atoms with Crippen LogP contribution in [0.4, 0.5) is 0 Å². The fourth-order valence-corrected chi connectivity index (χ4v) is 3.91. The average molecular weight is 231 g/mol. The highest BCUT2D eigenvalue weighted by molar-refractivity contribution is 5.45. The van der Waals surface area contributed by atoms with E-state index in [2.05, 4.69) is 30.6 Å². The minimum atomic E-state index is 0.250. The fraction of sp³-hybridized carbons (Fsp3) is 0.600. The molecule has 1 aromatic carbocycles. The summed E-state index contributed by atoms with van der Waals surface area (Å²) in [7, 11) is 3.87. The molecule has 2 nitrogen and oxygen atoms in total. The minimum Gasteiger partial charge on any atom is -0.497 e. The van der Waals surface area contributed by atoms with E-state index >= 15 is 0 Å². The molecule has 2 aliphatic carbocycles. The Labute approximate surface area is 103 Å². The van der Waals surface area contributed by atoms with Crippen LogP contribution >= 0.6 is 0 Å².